The van der Waals surface area contributed by atoms with Gasteiger partial charge in [0, 0.05) is 105 Å². The summed E-state index contributed by atoms with van der Waals surface area (Å²) in [6, 6.07) is 9.20. The summed E-state index contributed by atoms with van der Waals surface area (Å²) in [6.07, 6.45) is 6.44. The van der Waals surface area contributed by atoms with E-state index in [1.54, 1.807) is 54.7 Å². The van der Waals surface area contributed by atoms with E-state index in [-0.39, 0.29) is 100 Å². The van der Waals surface area contributed by atoms with E-state index < -0.39 is 113 Å². The van der Waals surface area contributed by atoms with Crippen LogP contribution in [0.25, 0.3) is 10.9 Å². The summed E-state index contributed by atoms with van der Waals surface area (Å²) in [4.78, 5) is 166. The topological polar surface area (TPSA) is 527 Å². The van der Waals surface area contributed by atoms with Gasteiger partial charge in [0.15, 0.2) is 11.9 Å². The molecule has 0 saturated heterocycles. The number of amides is 10. The fourth-order valence-corrected chi connectivity index (χ4v) is 10.4. The number of thiol groups is 2. The Hall–Kier alpha value is -10.6. The van der Waals surface area contributed by atoms with Crippen LogP contribution in [0.1, 0.15) is 60.7 Å². The zero-order valence-electron chi connectivity index (χ0n) is 51.9. The average molecular weight is 1350 g/mol. The Labute approximate surface area is 556 Å². The first-order chi connectivity index (χ1) is 45.5. The van der Waals surface area contributed by atoms with Gasteiger partial charge in [0.1, 0.15) is 60.1 Å². The maximum atomic E-state index is 15.0. The van der Waals surface area contributed by atoms with E-state index in [9.17, 15) is 53.1 Å². The van der Waals surface area contributed by atoms with E-state index in [0.29, 0.717) is 28.1 Å². The summed E-state index contributed by atoms with van der Waals surface area (Å²) in [5.41, 5.74) is 31.0. The summed E-state index contributed by atoms with van der Waals surface area (Å²) in [7, 11) is 0. The third-order valence-corrected chi connectivity index (χ3v) is 15.5. The molecule has 6 rings (SSSR count). The van der Waals surface area contributed by atoms with Gasteiger partial charge in [0.2, 0.25) is 59.1 Å². The van der Waals surface area contributed by atoms with Crippen LogP contribution in [0.5, 0.6) is 5.75 Å². The molecule has 3 heterocycles. The molecule has 9 atom stereocenters. The number of aromatic amines is 3. The number of nitrogens with one attached hydrogen (secondary N) is 12. The van der Waals surface area contributed by atoms with E-state index >= 15 is 0 Å². The minimum absolute atomic E-state index is 0.0182. The summed E-state index contributed by atoms with van der Waals surface area (Å²) in [5, 5.41) is 34.6. The lowest BCUT2D eigenvalue weighted by Gasteiger charge is -2.28. The Balaban J connectivity index is 1.25. The highest BCUT2D eigenvalue weighted by atomic mass is 32.1. The summed E-state index contributed by atoms with van der Waals surface area (Å²) in [5.74, 6) is -9.30. The summed E-state index contributed by atoms with van der Waals surface area (Å²) in [6.45, 7) is 1.27. The second-order valence-corrected chi connectivity index (χ2v) is 22.8. The van der Waals surface area contributed by atoms with Crippen LogP contribution in [0, 0.1) is 0 Å². The third-order valence-electron chi connectivity index (χ3n) is 14.8. The van der Waals surface area contributed by atoms with E-state index in [2.05, 4.69) is 108 Å². The van der Waals surface area contributed by atoms with Gasteiger partial charge in [-0.15, -0.1) is 0 Å². The fourth-order valence-electron chi connectivity index (χ4n) is 9.89. The maximum Gasteiger partial charge on any atom is 0.244 e. The molecule has 6 aromatic rings. The molecule has 3 aromatic carbocycles. The smallest absolute Gasteiger partial charge is 0.244 e. The Morgan fingerprint density at radius 1 is 0.463 bits per heavy atom. The van der Waals surface area contributed by atoms with Gasteiger partial charge in [-0.2, -0.15) is 25.3 Å². The zero-order chi connectivity index (χ0) is 69.0. The third kappa shape index (κ3) is 24.1. The van der Waals surface area contributed by atoms with Gasteiger partial charge in [0.05, 0.1) is 12.7 Å². The van der Waals surface area contributed by atoms with Crippen LogP contribution in [0.4, 0.5) is 0 Å². The Kier molecular flexibility index (Phi) is 28.7. The molecule has 0 unspecified atom stereocenters. The monoisotopic (exact) mass is 1350 g/mol. The number of aromatic hydroxyl groups is 1. The molecular weight excluding hydrogens is 1270 g/mol. The standard InChI is InChI=1S/C61H81N21O11S2/c1-33(83)74-44(22-35-15-17-39(84)18-16-35)54(88)75-43(14-8-20-70-61(65)66)53(87)82-50(30-95)59(93)80-48(25-38-28-68-32-73-38)58(92)79-47(24-37-27-67-31-72-37)57(91)77-45(21-34-9-3-2-4-10-34)55(89)76-42(13-7-19-69-60(63)64)52(86)78-46(56(90)81-49(29-94)51(62)85)23-36-26-71-41-12-6-5-11-40(36)41/h2-6,9-12,15-18,26-28,31-32,42-50,71,84,94-95H,7-8,13-14,19-25,29-30H2,1H3,(H2,62,85)(H,67,72)(H,68,73)(H,74,83)(H,75,88)(H,76,89)(H,77,91)(H,78,86)(H,79,92)(H,80,93)(H,81,90)(H,82,87)(H4,63,64,69)(H4,65,66,70)/t42-,43-,44-,45+,46-,47-,48-,49-,50-/m0/s1. The molecule has 0 aliphatic heterocycles. The number of imidazole rings is 2. The minimum atomic E-state index is -1.53. The van der Waals surface area contributed by atoms with Crippen molar-refractivity contribution in [1.29, 1.82) is 0 Å². The van der Waals surface area contributed by atoms with Crippen molar-refractivity contribution in [3.63, 3.8) is 0 Å². The quantitative estimate of drug-likeness (QED) is 0.00780. The number of carbonyl (C=O) groups excluding carboxylic acids is 10. The number of benzene rings is 3. The predicted octanol–water partition coefficient (Wildman–Crippen LogP) is -3.33. The van der Waals surface area contributed by atoms with Crippen molar-refractivity contribution in [1.82, 2.24) is 72.8 Å². The van der Waals surface area contributed by atoms with Gasteiger partial charge in [0.25, 0.3) is 0 Å². The number of nitrogens with two attached hydrogens (primary N) is 5. The average Bonchev–Trinajstić information content (AvgIpc) is 1.78. The van der Waals surface area contributed by atoms with Crippen LogP contribution >= 0.6 is 25.3 Å². The minimum Gasteiger partial charge on any atom is -0.508 e. The Morgan fingerprint density at radius 2 is 0.853 bits per heavy atom. The van der Waals surface area contributed by atoms with E-state index in [1.165, 1.54) is 44.1 Å². The second kappa shape index (κ2) is 37.2. The number of aromatic nitrogens is 5. The molecule has 0 saturated carbocycles. The largest absolute Gasteiger partial charge is 0.508 e. The summed E-state index contributed by atoms with van der Waals surface area (Å²) >= 11 is 8.53. The number of phenolic OH excluding ortho intramolecular Hbond substituents is 1. The van der Waals surface area contributed by atoms with E-state index in [1.807, 2.05) is 18.2 Å². The lowest BCUT2D eigenvalue weighted by molar-refractivity contribution is -0.135. The van der Waals surface area contributed by atoms with Crippen molar-refractivity contribution < 1.29 is 53.1 Å². The van der Waals surface area contributed by atoms with Crippen LogP contribution in [0.3, 0.4) is 0 Å². The van der Waals surface area contributed by atoms with Crippen molar-refractivity contribution in [2.75, 3.05) is 24.6 Å². The molecule has 0 spiro atoms. The number of hydrogen-bond acceptors (Lipinski definition) is 17. The first-order valence-corrected chi connectivity index (χ1v) is 31.4. The van der Waals surface area contributed by atoms with Gasteiger partial charge >= 0.3 is 0 Å². The van der Waals surface area contributed by atoms with E-state index in [4.69, 9.17) is 28.7 Å². The number of nitrogens with zero attached hydrogens (tertiary/aromatic N) is 4. The molecule has 0 fully saturated rings. The number of hydrogen-bond donors (Lipinski definition) is 20. The number of fused-ring (bicyclic) bond motifs is 1. The SMILES string of the molecule is CC(=O)N[C@@H](Cc1ccc(O)cc1)C(=O)N[C@@H](CCCN=C(N)N)C(=O)N[C@@H](CS)C(=O)N[C@@H](Cc1cnc[nH]1)C(=O)N[C@@H](Cc1cnc[nH]1)C(=O)N[C@H](Cc1ccccc1)C(=O)N[C@@H](CCCN=C(N)N)C(=O)N[C@@H](Cc1c[nH]c2ccccc12)C(=O)N[C@@H](CS)C(N)=O. The van der Waals surface area contributed by atoms with Crippen molar-refractivity contribution >= 4 is 107 Å². The molecule has 0 aliphatic rings. The van der Waals surface area contributed by atoms with Gasteiger partial charge in [-0.1, -0.05) is 60.7 Å². The molecule has 32 nitrogen and oxygen atoms in total. The highest BCUT2D eigenvalue weighted by Gasteiger charge is 2.36. The lowest BCUT2D eigenvalue weighted by Crippen LogP contribution is -2.61. The Morgan fingerprint density at radius 3 is 1.29 bits per heavy atom. The molecule has 0 aliphatic carbocycles. The molecule has 34 heteroatoms. The molecule has 0 radical (unpaired) electrons. The second-order valence-electron chi connectivity index (χ2n) is 22.1. The van der Waals surface area contributed by atoms with Gasteiger partial charge in [-0.05, 0) is 60.6 Å². The highest BCUT2D eigenvalue weighted by molar-refractivity contribution is 7.80. The molecule has 508 valence electrons. The number of aliphatic imine (C=N–C) groups is 2. The summed E-state index contributed by atoms with van der Waals surface area (Å²) < 4.78 is 0. The number of H-pyrrole nitrogens is 3. The molecule has 10 amide bonds. The highest BCUT2D eigenvalue weighted by Crippen LogP contribution is 2.20. The van der Waals surface area contributed by atoms with Gasteiger partial charge in [-0.25, -0.2) is 9.97 Å². The van der Waals surface area contributed by atoms with Crippen molar-refractivity contribution in [2.45, 2.75) is 119 Å². The Bertz CT molecular complexity index is 3600. The van der Waals surface area contributed by atoms with Crippen LogP contribution < -0.4 is 76.5 Å². The maximum absolute atomic E-state index is 15.0. The molecule has 3 aromatic heterocycles. The zero-order valence-corrected chi connectivity index (χ0v) is 53.7. The lowest BCUT2D eigenvalue weighted by atomic mass is 10.0. The van der Waals surface area contributed by atoms with Crippen molar-refractivity contribution in [3.05, 3.63) is 138 Å². The van der Waals surface area contributed by atoms with E-state index in [0.717, 1.165) is 10.9 Å². The first-order valence-electron chi connectivity index (χ1n) is 30.1. The first kappa shape index (κ1) is 73.4. The fraction of sp³-hybridized carbons (Fsp3) is 0.377. The van der Waals surface area contributed by atoms with Crippen LogP contribution in [0.15, 0.2) is 120 Å². The molecular formula is C61H81N21O11S2. The van der Waals surface area contributed by atoms with Crippen molar-refractivity contribution in [2.24, 2.45) is 38.7 Å². The normalized spacial score (nSPS) is 13.8. The number of primary amides is 1. The number of guanidine groups is 2. The van der Waals surface area contributed by atoms with Gasteiger partial charge in [-0.3, -0.25) is 57.9 Å². The number of rotatable bonds is 38. The molecule has 0 bridgehead atoms. The predicted molar refractivity (Wildman–Crippen MR) is 358 cm³/mol. The van der Waals surface area contributed by atoms with Crippen LogP contribution in [-0.2, 0) is 80.0 Å². The number of carbonyl (C=O) groups is 10. The molecule has 23 N–H and O–H groups in total. The van der Waals surface area contributed by atoms with Crippen LogP contribution in [0.2, 0.25) is 0 Å². The van der Waals surface area contributed by atoms with Crippen molar-refractivity contribution in [3.8, 4) is 5.75 Å². The van der Waals surface area contributed by atoms with Gasteiger partial charge < -0.3 is 96.6 Å². The number of para-hydroxylation sites is 1. The number of phenols is 1. The van der Waals surface area contributed by atoms with Crippen LogP contribution in [-0.4, -0.2) is 180 Å². The molecule has 95 heavy (non-hydrogen) atoms.